The Balaban J connectivity index is 1.67. The molecule has 2 amide bonds. The van der Waals surface area contributed by atoms with Crippen molar-refractivity contribution in [2.24, 2.45) is 0 Å². The second kappa shape index (κ2) is 6.78. The number of halogens is 1. The van der Waals surface area contributed by atoms with E-state index >= 15 is 0 Å². The van der Waals surface area contributed by atoms with Crippen molar-refractivity contribution in [1.82, 2.24) is 10.2 Å². The molecule has 1 atom stereocenters. The van der Waals surface area contributed by atoms with Crippen LogP contribution in [0, 0.1) is 5.82 Å². The van der Waals surface area contributed by atoms with Crippen LogP contribution < -0.4 is 10.1 Å². The quantitative estimate of drug-likeness (QED) is 0.901. The standard InChI is InChI=1S/C20H19FN2O3/c21-16-5-1-3-14(12-16)18-19(24)22-8-9-23(18)20(25)15-6-7-17-13(11-15)4-2-10-26-17/h1,3,5-7,11-12,18H,2,4,8-10H2,(H,22,24)/t18-/m1/s1. The van der Waals surface area contributed by atoms with Crippen molar-refractivity contribution in [2.75, 3.05) is 19.7 Å². The zero-order valence-electron chi connectivity index (χ0n) is 14.2. The van der Waals surface area contributed by atoms with E-state index in [0.717, 1.165) is 24.2 Å². The molecule has 0 unspecified atom stereocenters. The average Bonchev–Trinajstić information content (AvgIpc) is 2.67. The minimum Gasteiger partial charge on any atom is -0.493 e. The van der Waals surface area contributed by atoms with E-state index in [1.54, 1.807) is 18.2 Å². The van der Waals surface area contributed by atoms with E-state index in [1.165, 1.54) is 17.0 Å². The van der Waals surface area contributed by atoms with Gasteiger partial charge in [-0.1, -0.05) is 12.1 Å². The molecule has 0 radical (unpaired) electrons. The predicted molar refractivity (Wildman–Crippen MR) is 93.4 cm³/mol. The van der Waals surface area contributed by atoms with Crippen LogP contribution in [0.15, 0.2) is 42.5 Å². The maximum absolute atomic E-state index is 13.6. The molecule has 2 heterocycles. The third kappa shape index (κ3) is 3.03. The molecule has 0 aliphatic carbocycles. The number of aryl methyl sites for hydroxylation is 1. The van der Waals surface area contributed by atoms with Gasteiger partial charge in [-0.3, -0.25) is 9.59 Å². The number of fused-ring (bicyclic) bond motifs is 1. The summed E-state index contributed by atoms with van der Waals surface area (Å²) >= 11 is 0. The van der Waals surface area contributed by atoms with Crippen LogP contribution in [-0.2, 0) is 11.2 Å². The predicted octanol–water partition coefficient (Wildman–Crippen LogP) is 2.46. The van der Waals surface area contributed by atoms with Gasteiger partial charge in [-0.25, -0.2) is 4.39 Å². The van der Waals surface area contributed by atoms with Crippen LogP contribution in [0.4, 0.5) is 4.39 Å². The van der Waals surface area contributed by atoms with Crippen molar-refractivity contribution in [3.05, 3.63) is 65.0 Å². The monoisotopic (exact) mass is 354 g/mol. The van der Waals surface area contributed by atoms with Gasteiger partial charge in [0.15, 0.2) is 0 Å². The molecule has 2 aliphatic heterocycles. The summed E-state index contributed by atoms with van der Waals surface area (Å²) in [4.78, 5) is 27.1. The smallest absolute Gasteiger partial charge is 0.254 e. The third-order valence-corrected chi connectivity index (χ3v) is 4.79. The molecule has 2 aromatic carbocycles. The first-order valence-corrected chi connectivity index (χ1v) is 8.73. The third-order valence-electron chi connectivity index (χ3n) is 4.79. The molecular weight excluding hydrogens is 335 g/mol. The molecule has 1 saturated heterocycles. The number of benzene rings is 2. The van der Waals surface area contributed by atoms with E-state index in [-0.39, 0.29) is 11.8 Å². The maximum atomic E-state index is 13.6. The summed E-state index contributed by atoms with van der Waals surface area (Å²) in [6.07, 6.45) is 1.78. The van der Waals surface area contributed by atoms with Crippen molar-refractivity contribution in [1.29, 1.82) is 0 Å². The number of nitrogens with one attached hydrogen (secondary N) is 1. The molecule has 0 spiro atoms. The zero-order valence-corrected chi connectivity index (χ0v) is 14.2. The summed E-state index contributed by atoms with van der Waals surface area (Å²) in [6.45, 7) is 1.44. The largest absolute Gasteiger partial charge is 0.493 e. The summed E-state index contributed by atoms with van der Waals surface area (Å²) in [5.41, 5.74) is 1.99. The second-order valence-corrected chi connectivity index (χ2v) is 6.52. The Labute approximate surface area is 150 Å². The van der Waals surface area contributed by atoms with Crippen molar-refractivity contribution in [3.8, 4) is 5.75 Å². The molecule has 0 saturated carbocycles. The first kappa shape index (κ1) is 16.6. The van der Waals surface area contributed by atoms with Gasteiger partial charge < -0.3 is 15.0 Å². The molecular formula is C20H19FN2O3. The highest BCUT2D eigenvalue weighted by atomic mass is 19.1. The molecule has 2 aliphatic rings. The lowest BCUT2D eigenvalue weighted by atomic mass is 9.99. The number of hydrogen-bond donors (Lipinski definition) is 1. The summed E-state index contributed by atoms with van der Waals surface area (Å²) in [5.74, 6) is -0.149. The number of nitrogens with zero attached hydrogens (tertiary/aromatic N) is 1. The van der Waals surface area contributed by atoms with Gasteiger partial charge in [0, 0.05) is 18.7 Å². The molecule has 1 fully saturated rings. The van der Waals surface area contributed by atoms with Crippen molar-refractivity contribution >= 4 is 11.8 Å². The molecule has 0 bridgehead atoms. The lowest BCUT2D eigenvalue weighted by Gasteiger charge is -2.35. The molecule has 1 N–H and O–H groups in total. The number of carbonyl (C=O) groups excluding carboxylic acids is 2. The molecule has 134 valence electrons. The van der Waals surface area contributed by atoms with Crippen LogP contribution in [0.25, 0.3) is 0 Å². The van der Waals surface area contributed by atoms with E-state index in [4.69, 9.17) is 4.74 Å². The Morgan fingerprint density at radius 2 is 2.12 bits per heavy atom. The number of ether oxygens (including phenoxy) is 1. The van der Waals surface area contributed by atoms with Gasteiger partial charge in [0.05, 0.1) is 6.61 Å². The van der Waals surface area contributed by atoms with Crippen LogP contribution in [0.2, 0.25) is 0 Å². The fourth-order valence-corrected chi connectivity index (χ4v) is 3.55. The van der Waals surface area contributed by atoms with Crippen molar-refractivity contribution < 1.29 is 18.7 Å². The van der Waals surface area contributed by atoms with Gasteiger partial charge >= 0.3 is 0 Å². The van der Waals surface area contributed by atoms with E-state index in [9.17, 15) is 14.0 Å². The number of rotatable bonds is 2. The minimum absolute atomic E-state index is 0.234. The number of amides is 2. The molecule has 6 heteroatoms. The Bertz CT molecular complexity index is 868. The van der Waals surface area contributed by atoms with Crippen LogP contribution in [0.3, 0.4) is 0 Å². The minimum atomic E-state index is -0.834. The fraction of sp³-hybridized carbons (Fsp3) is 0.300. The van der Waals surface area contributed by atoms with Gasteiger partial charge in [0.2, 0.25) is 5.91 Å². The lowest BCUT2D eigenvalue weighted by Crippen LogP contribution is -2.52. The summed E-state index contributed by atoms with van der Waals surface area (Å²) in [5, 5.41) is 2.76. The Morgan fingerprint density at radius 3 is 2.96 bits per heavy atom. The zero-order chi connectivity index (χ0) is 18.1. The van der Waals surface area contributed by atoms with E-state index in [2.05, 4.69) is 5.32 Å². The van der Waals surface area contributed by atoms with Gasteiger partial charge in [0.1, 0.15) is 17.6 Å². The van der Waals surface area contributed by atoms with Crippen molar-refractivity contribution in [3.63, 3.8) is 0 Å². The second-order valence-electron chi connectivity index (χ2n) is 6.52. The molecule has 26 heavy (non-hydrogen) atoms. The maximum Gasteiger partial charge on any atom is 0.254 e. The molecule has 5 nitrogen and oxygen atoms in total. The lowest BCUT2D eigenvalue weighted by molar-refractivity contribution is -0.128. The number of hydrogen-bond acceptors (Lipinski definition) is 3. The van der Waals surface area contributed by atoms with Gasteiger partial charge in [-0.15, -0.1) is 0 Å². The highest BCUT2D eigenvalue weighted by Crippen LogP contribution is 2.29. The van der Waals surface area contributed by atoms with Gasteiger partial charge in [0.25, 0.3) is 5.91 Å². The number of carbonyl (C=O) groups is 2. The summed E-state index contributed by atoms with van der Waals surface area (Å²) in [6, 6.07) is 10.4. The van der Waals surface area contributed by atoms with Gasteiger partial charge in [-0.05, 0) is 54.3 Å². The van der Waals surface area contributed by atoms with Crippen LogP contribution in [0.5, 0.6) is 5.75 Å². The normalized spacial score (nSPS) is 19.3. The first-order chi connectivity index (χ1) is 12.6. The summed E-state index contributed by atoms with van der Waals surface area (Å²) in [7, 11) is 0. The van der Waals surface area contributed by atoms with E-state index in [1.807, 2.05) is 12.1 Å². The molecule has 0 aromatic heterocycles. The SMILES string of the molecule is O=C1NCCN(C(=O)c2ccc3c(c2)CCCO3)[C@@H]1c1cccc(F)c1. The highest BCUT2D eigenvalue weighted by Gasteiger charge is 2.35. The van der Waals surface area contributed by atoms with E-state index in [0.29, 0.717) is 30.8 Å². The van der Waals surface area contributed by atoms with Gasteiger partial charge in [-0.2, -0.15) is 0 Å². The summed E-state index contributed by atoms with van der Waals surface area (Å²) < 4.78 is 19.2. The van der Waals surface area contributed by atoms with Crippen LogP contribution in [0.1, 0.15) is 33.9 Å². The Kier molecular flexibility index (Phi) is 4.32. The van der Waals surface area contributed by atoms with E-state index < -0.39 is 11.9 Å². The Hall–Kier alpha value is -2.89. The average molecular weight is 354 g/mol. The van der Waals surface area contributed by atoms with Crippen LogP contribution in [-0.4, -0.2) is 36.4 Å². The fourth-order valence-electron chi connectivity index (χ4n) is 3.55. The van der Waals surface area contributed by atoms with Crippen LogP contribution >= 0.6 is 0 Å². The topological polar surface area (TPSA) is 58.6 Å². The highest BCUT2D eigenvalue weighted by molar-refractivity contribution is 5.98. The van der Waals surface area contributed by atoms with Crippen molar-refractivity contribution in [2.45, 2.75) is 18.9 Å². The molecule has 4 rings (SSSR count). The molecule has 2 aromatic rings. The first-order valence-electron chi connectivity index (χ1n) is 8.73. The Morgan fingerprint density at radius 1 is 1.23 bits per heavy atom. The number of piperazine rings is 1.